The number of rotatable bonds is 61. The van der Waals surface area contributed by atoms with E-state index in [1.807, 2.05) is 0 Å². The second kappa shape index (κ2) is 57.7. The predicted molar refractivity (Wildman–Crippen MR) is 342 cm³/mol. The first kappa shape index (κ1) is 81.0. The van der Waals surface area contributed by atoms with Gasteiger partial charge in [0.15, 0.2) is 0 Å². The van der Waals surface area contributed by atoms with Crippen LogP contribution in [0.2, 0.25) is 0 Å². The average molecular weight is 1220 g/mol. The molecule has 24 nitrogen and oxygen atoms in total. The Morgan fingerprint density at radius 2 is 0.477 bits per heavy atom. The molecule has 22 N–H and O–H groups in total. The van der Waals surface area contributed by atoms with Crippen LogP contribution >= 0.6 is 0 Å². The number of carbonyl (C=O) groups is 9. The van der Waals surface area contributed by atoms with Crippen molar-refractivity contribution in [2.24, 2.45) is 40.1 Å². The van der Waals surface area contributed by atoms with Crippen LogP contribution in [0.5, 0.6) is 0 Å². The molecule has 0 aliphatic rings. The van der Waals surface area contributed by atoms with Gasteiger partial charge in [0.05, 0.1) is 6.04 Å². The van der Waals surface area contributed by atoms with Gasteiger partial charge in [0.2, 0.25) is 53.2 Å². The topological polar surface area (TPSA) is 432 Å². The van der Waals surface area contributed by atoms with E-state index in [-0.39, 0.29) is 47.3 Å². The van der Waals surface area contributed by atoms with Crippen LogP contribution in [0.25, 0.3) is 0 Å². The molecule has 0 bridgehead atoms. The third kappa shape index (κ3) is 48.1. The first-order valence-corrected chi connectivity index (χ1v) is 33.5. The van der Waals surface area contributed by atoms with Crippen molar-refractivity contribution in [1.29, 1.82) is 0 Å². The second-order valence-corrected chi connectivity index (χ2v) is 23.1. The molecule has 5 atom stereocenters. The summed E-state index contributed by atoms with van der Waals surface area (Å²) in [6.07, 6.45) is 27.9. The number of primary amides is 1. The SMILES string of the molecule is NCCCC[C@H](NC(=O)CCCCCCCNC(=O)[C@H](CCCCN)NC(=O)CCCCCCCNC(=O)[C@H](CCCCN)NC(=O)CCCCCCCNC(=O)[C@H](CCCCN)NC(=O)CCCCCCCNC(=O)[C@@H](N)CCCCN)C(N)=O. The molecule has 0 heterocycles. The zero-order chi connectivity index (χ0) is 63.7. The first-order chi connectivity index (χ1) is 41.6. The molecular weight excluding hydrogens is 1100 g/mol. The third-order valence-electron chi connectivity index (χ3n) is 15.2. The molecular formula is C62H123N15O9. The molecule has 0 fully saturated rings. The standard InChI is InChI=1S/C62H123N15O9/c63-40-22-17-31-49(68)59(83)70-45-27-9-1-6-14-37-55(79)75-51(33-19-24-42-65)61(85)72-47-29-11-3-8-16-39-57(81)77-53(35-21-26-44-67)62(86)73-48-30-12-4-7-15-38-56(80)76-52(34-20-25-43-66)60(84)71-46-28-10-2-5-13-36-54(78)74-50(58(69)82)32-18-23-41-64/h49-53H,1-48,63-68H2,(H2,69,82)(H,70,83)(H,71,84)(H,72,85)(H,73,86)(H,74,78)(H,75,79)(H,76,80)(H,77,81)/t49-,50-,51-,52-,53-/m0/s1. The lowest BCUT2D eigenvalue weighted by atomic mass is 10.1. The molecule has 0 unspecified atom stereocenters. The molecule has 0 saturated heterocycles. The first-order valence-electron chi connectivity index (χ1n) is 33.5. The van der Waals surface area contributed by atoms with Crippen LogP contribution in [-0.2, 0) is 43.2 Å². The van der Waals surface area contributed by atoms with E-state index in [4.69, 9.17) is 40.1 Å². The van der Waals surface area contributed by atoms with Gasteiger partial charge in [-0.3, -0.25) is 43.2 Å². The Hall–Kier alpha value is -5.01. The van der Waals surface area contributed by atoms with Crippen LogP contribution in [0, 0.1) is 0 Å². The number of unbranched alkanes of at least 4 members (excludes halogenated alkanes) is 21. The van der Waals surface area contributed by atoms with E-state index < -0.39 is 36.1 Å². The highest BCUT2D eigenvalue weighted by atomic mass is 16.2. The van der Waals surface area contributed by atoms with Crippen molar-refractivity contribution in [3.05, 3.63) is 0 Å². The Balaban J connectivity index is 4.48. The molecule has 0 aromatic heterocycles. The summed E-state index contributed by atoms with van der Waals surface area (Å²) in [4.78, 5) is 114. The number of carbonyl (C=O) groups excluding carboxylic acids is 9. The molecule has 0 aromatic carbocycles. The summed E-state index contributed by atoms with van der Waals surface area (Å²) in [5, 5.41) is 23.4. The monoisotopic (exact) mass is 1220 g/mol. The normalized spacial score (nSPS) is 12.9. The minimum Gasteiger partial charge on any atom is -0.368 e. The van der Waals surface area contributed by atoms with E-state index in [1.165, 1.54) is 0 Å². The van der Waals surface area contributed by atoms with Gasteiger partial charge in [-0.05, 0) is 174 Å². The van der Waals surface area contributed by atoms with Gasteiger partial charge in [0.1, 0.15) is 24.2 Å². The van der Waals surface area contributed by atoms with Gasteiger partial charge < -0.3 is 82.7 Å². The van der Waals surface area contributed by atoms with Crippen molar-refractivity contribution in [2.75, 3.05) is 58.9 Å². The molecule has 0 aliphatic heterocycles. The lowest BCUT2D eigenvalue weighted by molar-refractivity contribution is -0.129. The summed E-state index contributed by atoms with van der Waals surface area (Å²) in [5.74, 6) is -1.94. The van der Waals surface area contributed by atoms with Crippen molar-refractivity contribution in [3.63, 3.8) is 0 Å². The molecule has 9 amide bonds. The largest absolute Gasteiger partial charge is 0.368 e. The van der Waals surface area contributed by atoms with Crippen LogP contribution in [0.3, 0.4) is 0 Å². The maximum absolute atomic E-state index is 13.2. The zero-order valence-electron chi connectivity index (χ0n) is 53.0. The lowest BCUT2D eigenvalue weighted by Crippen LogP contribution is -2.47. The molecule has 0 rings (SSSR count). The van der Waals surface area contributed by atoms with Gasteiger partial charge in [-0.1, -0.05) is 83.5 Å². The third-order valence-corrected chi connectivity index (χ3v) is 15.2. The highest BCUT2D eigenvalue weighted by Crippen LogP contribution is 2.12. The van der Waals surface area contributed by atoms with Crippen molar-refractivity contribution in [2.45, 2.75) is 281 Å². The van der Waals surface area contributed by atoms with Gasteiger partial charge in [0.25, 0.3) is 0 Å². The van der Waals surface area contributed by atoms with Crippen LogP contribution < -0.4 is 82.7 Å². The summed E-state index contributed by atoms with van der Waals surface area (Å²) in [7, 11) is 0. The number of hydrogen-bond donors (Lipinski definition) is 15. The Morgan fingerprint density at radius 3 is 0.744 bits per heavy atom. The van der Waals surface area contributed by atoms with Gasteiger partial charge in [-0.25, -0.2) is 0 Å². The van der Waals surface area contributed by atoms with Gasteiger partial charge in [-0.15, -0.1) is 0 Å². The predicted octanol–water partition coefficient (Wildman–Crippen LogP) is 3.21. The minimum atomic E-state index is -0.675. The van der Waals surface area contributed by atoms with E-state index in [0.29, 0.717) is 149 Å². The fourth-order valence-corrected chi connectivity index (χ4v) is 9.88. The highest BCUT2D eigenvalue weighted by molar-refractivity contribution is 5.89. The van der Waals surface area contributed by atoms with Gasteiger partial charge in [0, 0.05) is 51.9 Å². The Kier molecular flexibility index (Phi) is 54.4. The fraction of sp³-hybridized carbons (Fsp3) is 0.855. The number of amides is 9. The number of hydrogen-bond acceptors (Lipinski definition) is 15. The summed E-state index contributed by atoms with van der Waals surface area (Å²) >= 11 is 0. The molecule has 0 radical (unpaired) electrons. The Labute approximate surface area is 516 Å². The zero-order valence-corrected chi connectivity index (χ0v) is 53.0. The van der Waals surface area contributed by atoms with Crippen molar-refractivity contribution in [1.82, 2.24) is 42.5 Å². The van der Waals surface area contributed by atoms with Crippen LogP contribution in [-0.4, -0.2) is 142 Å². The molecule has 0 spiro atoms. The summed E-state index contributed by atoms with van der Waals surface area (Å²) in [6.45, 7) is 4.66. The van der Waals surface area contributed by atoms with Gasteiger partial charge >= 0.3 is 0 Å². The van der Waals surface area contributed by atoms with Crippen molar-refractivity contribution < 1.29 is 43.2 Å². The molecule has 86 heavy (non-hydrogen) atoms. The lowest BCUT2D eigenvalue weighted by Gasteiger charge is -2.19. The minimum absolute atomic E-state index is 0.128. The van der Waals surface area contributed by atoms with E-state index in [0.717, 1.165) is 161 Å². The number of nitrogens with two attached hydrogens (primary N) is 7. The molecule has 500 valence electrons. The van der Waals surface area contributed by atoms with E-state index >= 15 is 0 Å². The van der Waals surface area contributed by atoms with Crippen molar-refractivity contribution >= 4 is 53.2 Å². The average Bonchev–Trinajstić information content (AvgIpc) is 3.53. The maximum Gasteiger partial charge on any atom is 0.242 e. The van der Waals surface area contributed by atoms with Crippen molar-refractivity contribution in [3.8, 4) is 0 Å². The molecule has 0 aromatic rings. The van der Waals surface area contributed by atoms with Gasteiger partial charge in [-0.2, -0.15) is 0 Å². The number of nitrogens with one attached hydrogen (secondary N) is 8. The quantitative estimate of drug-likeness (QED) is 0.0389. The van der Waals surface area contributed by atoms with Crippen LogP contribution in [0.4, 0.5) is 0 Å². The molecule has 24 heteroatoms. The maximum atomic E-state index is 13.2. The molecule has 0 aliphatic carbocycles. The molecule has 0 saturated carbocycles. The van der Waals surface area contributed by atoms with E-state index in [2.05, 4.69) is 42.5 Å². The summed E-state index contributed by atoms with van der Waals surface area (Å²) in [5.41, 5.74) is 39.5. The highest BCUT2D eigenvalue weighted by Gasteiger charge is 2.23. The fourth-order valence-electron chi connectivity index (χ4n) is 9.88. The summed E-state index contributed by atoms with van der Waals surface area (Å²) < 4.78 is 0. The van der Waals surface area contributed by atoms with Crippen LogP contribution in [0.15, 0.2) is 0 Å². The Bertz CT molecular complexity index is 1800. The second-order valence-electron chi connectivity index (χ2n) is 23.1. The van der Waals surface area contributed by atoms with E-state index in [1.54, 1.807) is 0 Å². The van der Waals surface area contributed by atoms with Crippen LogP contribution in [0.1, 0.15) is 250 Å². The smallest absolute Gasteiger partial charge is 0.242 e. The Morgan fingerprint density at radius 1 is 0.256 bits per heavy atom. The summed E-state index contributed by atoms with van der Waals surface area (Å²) in [6, 6.07) is -3.06. The van der Waals surface area contributed by atoms with E-state index in [9.17, 15) is 43.2 Å².